The first-order chi connectivity index (χ1) is 11.1. The molecular formula is C19H27N4+. The minimum atomic E-state index is 0.989. The largest absolute Gasteiger partial charge is 0.372 e. The summed E-state index contributed by atoms with van der Waals surface area (Å²) in [5, 5.41) is 6.63. The third kappa shape index (κ3) is 4.09. The number of pyridine rings is 1. The molecule has 0 saturated heterocycles. The molecule has 0 unspecified atom stereocenters. The minimum Gasteiger partial charge on any atom is -0.372 e. The third-order valence-electron chi connectivity index (χ3n) is 4.08. The zero-order valence-electron chi connectivity index (χ0n) is 14.8. The van der Waals surface area contributed by atoms with Gasteiger partial charge in [-0.3, -0.25) is 5.01 Å². The lowest BCUT2D eigenvalue weighted by Gasteiger charge is -2.22. The summed E-state index contributed by atoms with van der Waals surface area (Å²) in [7, 11) is 4.02. The van der Waals surface area contributed by atoms with E-state index in [9.17, 15) is 0 Å². The molecule has 4 nitrogen and oxygen atoms in total. The number of benzene rings is 1. The van der Waals surface area contributed by atoms with E-state index < -0.39 is 0 Å². The first kappa shape index (κ1) is 17.0. The molecule has 0 radical (unpaired) electrons. The molecule has 0 N–H and O–H groups in total. The number of hydrogen-bond acceptors (Lipinski definition) is 3. The Bertz CT molecular complexity index is 657. The highest BCUT2D eigenvalue weighted by Gasteiger charge is 2.10. The van der Waals surface area contributed by atoms with E-state index in [4.69, 9.17) is 5.10 Å². The van der Waals surface area contributed by atoms with Gasteiger partial charge in [0, 0.05) is 38.0 Å². The Morgan fingerprint density at radius 1 is 1.00 bits per heavy atom. The van der Waals surface area contributed by atoms with Crippen molar-refractivity contribution in [3.63, 3.8) is 0 Å². The van der Waals surface area contributed by atoms with Gasteiger partial charge in [-0.15, -0.1) is 0 Å². The maximum absolute atomic E-state index is 4.71. The van der Waals surface area contributed by atoms with Crippen LogP contribution in [0.25, 0.3) is 0 Å². The van der Waals surface area contributed by atoms with Gasteiger partial charge in [0.2, 0.25) is 5.69 Å². The fourth-order valence-corrected chi connectivity index (χ4v) is 2.70. The molecule has 2 rings (SSSR count). The third-order valence-corrected chi connectivity index (χ3v) is 4.08. The van der Waals surface area contributed by atoms with Crippen molar-refractivity contribution in [3.05, 3.63) is 54.4 Å². The molecule has 0 amide bonds. The Kier molecular flexibility index (Phi) is 5.74. The molecule has 122 valence electrons. The summed E-state index contributed by atoms with van der Waals surface area (Å²) in [6.45, 7) is 8.44. The van der Waals surface area contributed by atoms with Crippen molar-refractivity contribution in [2.24, 2.45) is 12.1 Å². The minimum absolute atomic E-state index is 0.989. The fraction of sp³-hybridized carbons (Fsp3) is 0.368. The monoisotopic (exact) mass is 311 g/mol. The molecule has 4 heteroatoms. The number of aromatic nitrogens is 1. The van der Waals surface area contributed by atoms with Gasteiger partial charge in [0.1, 0.15) is 12.8 Å². The van der Waals surface area contributed by atoms with Gasteiger partial charge in [0.05, 0.1) is 5.69 Å². The molecule has 23 heavy (non-hydrogen) atoms. The maximum Gasteiger partial charge on any atom is 0.228 e. The van der Waals surface area contributed by atoms with E-state index in [1.54, 1.807) is 0 Å². The van der Waals surface area contributed by atoms with Gasteiger partial charge in [-0.25, -0.2) is 0 Å². The van der Waals surface area contributed by atoms with E-state index in [0.29, 0.717) is 0 Å². The number of aryl methyl sites for hydroxylation is 1. The molecular weight excluding hydrogens is 284 g/mol. The molecule has 2 aromatic rings. The van der Waals surface area contributed by atoms with Crippen LogP contribution < -0.4 is 14.5 Å². The average Bonchev–Trinajstić information content (AvgIpc) is 2.57. The van der Waals surface area contributed by atoms with E-state index in [1.807, 2.05) is 44.4 Å². The second-order valence-electron chi connectivity index (χ2n) is 5.59. The molecule has 1 heterocycles. The van der Waals surface area contributed by atoms with Crippen LogP contribution in [0.4, 0.5) is 11.4 Å². The second kappa shape index (κ2) is 7.77. The summed E-state index contributed by atoms with van der Waals surface area (Å²) < 4.78 is 2.08. The Balaban J connectivity index is 2.19. The lowest BCUT2D eigenvalue weighted by atomic mass is 10.2. The van der Waals surface area contributed by atoms with E-state index in [1.165, 1.54) is 5.69 Å². The molecule has 1 aromatic carbocycles. The van der Waals surface area contributed by atoms with Crippen LogP contribution in [0, 0.1) is 0 Å². The quantitative estimate of drug-likeness (QED) is 0.464. The normalized spacial score (nSPS) is 11.4. The summed E-state index contributed by atoms with van der Waals surface area (Å²) in [5.74, 6) is 0. The number of hydrazone groups is 1. The van der Waals surface area contributed by atoms with Gasteiger partial charge in [-0.2, -0.15) is 9.67 Å². The van der Waals surface area contributed by atoms with Crippen molar-refractivity contribution in [1.82, 2.24) is 0 Å². The zero-order chi connectivity index (χ0) is 16.8. The highest BCUT2D eigenvalue weighted by Crippen LogP contribution is 2.20. The molecule has 0 spiro atoms. The molecule has 0 aliphatic carbocycles. The van der Waals surface area contributed by atoms with Gasteiger partial charge in [0.25, 0.3) is 0 Å². The lowest BCUT2D eigenvalue weighted by molar-refractivity contribution is -0.672. The van der Waals surface area contributed by atoms with Crippen LogP contribution in [0.2, 0.25) is 0 Å². The van der Waals surface area contributed by atoms with Crippen LogP contribution in [-0.4, -0.2) is 25.8 Å². The molecule has 0 saturated carbocycles. The smallest absolute Gasteiger partial charge is 0.228 e. The van der Waals surface area contributed by atoms with Crippen molar-refractivity contribution in [2.45, 2.75) is 20.8 Å². The number of hydrogen-bond donors (Lipinski definition) is 0. The lowest BCUT2D eigenvalue weighted by Crippen LogP contribution is -2.35. The van der Waals surface area contributed by atoms with Crippen LogP contribution in [0.5, 0.6) is 0 Å². The maximum atomic E-state index is 4.71. The molecule has 0 bridgehead atoms. The number of nitrogens with zero attached hydrogens (tertiary/aromatic N) is 4. The first-order valence-electron chi connectivity index (χ1n) is 8.15. The van der Waals surface area contributed by atoms with E-state index >= 15 is 0 Å². The highest BCUT2D eigenvalue weighted by atomic mass is 15.4. The second-order valence-corrected chi connectivity index (χ2v) is 5.59. The molecule has 1 aromatic heterocycles. The van der Waals surface area contributed by atoms with Crippen LogP contribution >= 0.6 is 0 Å². The summed E-state index contributed by atoms with van der Waals surface area (Å²) in [5.41, 5.74) is 4.43. The molecule has 0 aliphatic heterocycles. The van der Waals surface area contributed by atoms with E-state index in [0.717, 1.165) is 30.2 Å². The average molecular weight is 311 g/mol. The highest BCUT2D eigenvalue weighted by molar-refractivity contribution is 5.96. The summed E-state index contributed by atoms with van der Waals surface area (Å²) >= 11 is 0. The fourth-order valence-electron chi connectivity index (χ4n) is 2.70. The van der Waals surface area contributed by atoms with Gasteiger partial charge < -0.3 is 4.90 Å². The first-order valence-corrected chi connectivity index (χ1v) is 8.15. The van der Waals surface area contributed by atoms with Crippen molar-refractivity contribution >= 4 is 17.1 Å². The Labute approximate surface area is 139 Å². The summed E-state index contributed by atoms with van der Waals surface area (Å²) in [4.78, 5) is 2.34. The van der Waals surface area contributed by atoms with Crippen molar-refractivity contribution in [2.75, 3.05) is 30.0 Å². The van der Waals surface area contributed by atoms with Crippen LogP contribution in [-0.2, 0) is 7.05 Å². The van der Waals surface area contributed by atoms with Crippen LogP contribution in [0.3, 0.4) is 0 Å². The Morgan fingerprint density at radius 2 is 1.61 bits per heavy atom. The molecule has 0 aliphatic rings. The van der Waals surface area contributed by atoms with Gasteiger partial charge in [0.15, 0.2) is 6.20 Å². The van der Waals surface area contributed by atoms with E-state index in [2.05, 4.69) is 53.6 Å². The van der Waals surface area contributed by atoms with Crippen molar-refractivity contribution in [3.8, 4) is 0 Å². The van der Waals surface area contributed by atoms with Crippen molar-refractivity contribution in [1.29, 1.82) is 0 Å². The van der Waals surface area contributed by atoms with Gasteiger partial charge in [-0.1, -0.05) is 0 Å². The van der Waals surface area contributed by atoms with Crippen molar-refractivity contribution < 1.29 is 4.57 Å². The summed E-state index contributed by atoms with van der Waals surface area (Å²) in [6.07, 6.45) is 2.03. The topological polar surface area (TPSA) is 22.7 Å². The van der Waals surface area contributed by atoms with Crippen LogP contribution in [0.15, 0.2) is 53.8 Å². The SMILES string of the molecule is CCN(CC)c1ccc(N(C)N=C(C)c2cccc[n+]2C)cc1. The summed E-state index contributed by atoms with van der Waals surface area (Å²) in [6, 6.07) is 14.7. The molecule has 0 atom stereocenters. The number of anilines is 2. The predicted octanol–water partition coefficient (Wildman–Crippen LogP) is 3.22. The van der Waals surface area contributed by atoms with Gasteiger partial charge in [-0.05, 0) is 51.1 Å². The Hall–Kier alpha value is -2.36. The standard InChI is InChI=1S/C19H27N4/c1-6-23(7-2)18-13-11-17(12-14-18)22(5)20-16(3)19-10-8-9-15-21(19)4/h8-15H,6-7H2,1-5H3/q+1. The number of rotatable bonds is 6. The Morgan fingerprint density at radius 3 is 2.17 bits per heavy atom. The van der Waals surface area contributed by atoms with Gasteiger partial charge >= 0.3 is 0 Å². The zero-order valence-corrected chi connectivity index (χ0v) is 14.8. The van der Waals surface area contributed by atoms with Crippen LogP contribution in [0.1, 0.15) is 26.5 Å². The van der Waals surface area contributed by atoms with E-state index in [-0.39, 0.29) is 0 Å². The molecule has 0 fully saturated rings. The predicted molar refractivity (Wildman–Crippen MR) is 98.2 cm³/mol.